The molecule has 0 aliphatic heterocycles. The molecule has 0 unspecified atom stereocenters. The van der Waals surface area contributed by atoms with Crippen LogP contribution in [0.1, 0.15) is 25.0 Å². The molecule has 0 saturated heterocycles. The molecule has 1 N–H and O–H groups in total. The number of hydrogen-bond donors (Lipinski definition) is 1. The van der Waals surface area contributed by atoms with Crippen LogP contribution in [0.3, 0.4) is 0 Å². The maximum Gasteiger partial charge on any atom is 0.0587 e. The molecule has 0 aliphatic rings. The van der Waals surface area contributed by atoms with Gasteiger partial charge in [0, 0.05) is 39.0 Å². The number of hydrogen-bond acceptors (Lipinski definition) is 3. The molecule has 1 aromatic rings. The first-order valence-electron chi connectivity index (χ1n) is 6.77. The van der Waals surface area contributed by atoms with E-state index in [1.165, 1.54) is 16.8 Å². The molecule has 0 atom stereocenters. The van der Waals surface area contributed by atoms with Gasteiger partial charge in [0.15, 0.2) is 0 Å². The molecule has 3 nitrogen and oxygen atoms in total. The Labute approximate surface area is 111 Å². The van der Waals surface area contributed by atoms with Gasteiger partial charge in [0.1, 0.15) is 0 Å². The van der Waals surface area contributed by atoms with Crippen LogP contribution in [-0.2, 0) is 11.3 Å². The molecule has 0 saturated carbocycles. The van der Waals surface area contributed by atoms with Gasteiger partial charge in [0.2, 0.25) is 0 Å². The van der Waals surface area contributed by atoms with E-state index in [-0.39, 0.29) is 0 Å². The molecule has 3 heteroatoms. The van der Waals surface area contributed by atoms with Gasteiger partial charge < -0.3 is 15.0 Å². The van der Waals surface area contributed by atoms with Crippen molar-refractivity contribution in [2.24, 2.45) is 0 Å². The SMILES string of the molecule is CCN(CC)c1ccc(CNCCOC)cc1C. The lowest BCUT2D eigenvalue weighted by Crippen LogP contribution is -2.23. The second-order valence-corrected chi connectivity index (χ2v) is 4.46. The van der Waals surface area contributed by atoms with Gasteiger partial charge in [0.05, 0.1) is 6.61 Å². The summed E-state index contributed by atoms with van der Waals surface area (Å²) in [7, 11) is 1.73. The Morgan fingerprint density at radius 2 is 1.94 bits per heavy atom. The molecular weight excluding hydrogens is 224 g/mol. The molecule has 0 fully saturated rings. The Morgan fingerprint density at radius 1 is 1.22 bits per heavy atom. The van der Waals surface area contributed by atoms with E-state index in [1.54, 1.807) is 7.11 Å². The second-order valence-electron chi connectivity index (χ2n) is 4.46. The minimum absolute atomic E-state index is 0.760. The maximum absolute atomic E-state index is 5.01. The molecule has 18 heavy (non-hydrogen) atoms. The normalized spacial score (nSPS) is 10.7. The van der Waals surface area contributed by atoms with Crippen molar-refractivity contribution < 1.29 is 4.74 Å². The highest BCUT2D eigenvalue weighted by molar-refractivity contribution is 5.54. The van der Waals surface area contributed by atoms with Gasteiger partial charge in [-0.25, -0.2) is 0 Å². The Bertz CT molecular complexity index is 348. The third kappa shape index (κ3) is 4.31. The number of benzene rings is 1. The van der Waals surface area contributed by atoms with Crippen LogP contribution in [-0.4, -0.2) is 33.4 Å². The summed E-state index contributed by atoms with van der Waals surface area (Å²) in [6, 6.07) is 6.71. The average molecular weight is 250 g/mol. The van der Waals surface area contributed by atoms with E-state index in [1.807, 2.05) is 0 Å². The predicted octanol–water partition coefficient (Wildman–Crippen LogP) is 2.58. The number of aryl methyl sites for hydroxylation is 1. The van der Waals surface area contributed by atoms with Crippen molar-refractivity contribution in [3.8, 4) is 0 Å². The van der Waals surface area contributed by atoms with E-state index in [0.29, 0.717) is 0 Å². The molecule has 0 heterocycles. The number of ether oxygens (including phenoxy) is 1. The number of nitrogens with one attached hydrogen (secondary N) is 1. The fourth-order valence-electron chi connectivity index (χ4n) is 2.15. The molecule has 0 amide bonds. The fraction of sp³-hybridized carbons (Fsp3) is 0.600. The van der Waals surface area contributed by atoms with E-state index >= 15 is 0 Å². The van der Waals surface area contributed by atoms with Crippen LogP contribution in [0, 0.1) is 6.92 Å². The molecule has 0 radical (unpaired) electrons. The van der Waals surface area contributed by atoms with Gasteiger partial charge in [-0.05, 0) is 38.0 Å². The highest BCUT2D eigenvalue weighted by atomic mass is 16.5. The number of rotatable bonds is 8. The summed E-state index contributed by atoms with van der Waals surface area (Å²) in [5.41, 5.74) is 4.03. The first-order valence-corrected chi connectivity index (χ1v) is 6.77. The highest BCUT2D eigenvalue weighted by Gasteiger charge is 2.05. The van der Waals surface area contributed by atoms with Crippen molar-refractivity contribution in [2.75, 3.05) is 38.3 Å². The monoisotopic (exact) mass is 250 g/mol. The van der Waals surface area contributed by atoms with E-state index in [4.69, 9.17) is 4.74 Å². The summed E-state index contributed by atoms with van der Waals surface area (Å²) in [6.45, 7) is 11.3. The summed E-state index contributed by atoms with van der Waals surface area (Å²) in [5, 5.41) is 3.37. The summed E-state index contributed by atoms with van der Waals surface area (Å²) in [6.07, 6.45) is 0. The second kappa shape index (κ2) is 8.11. The van der Waals surface area contributed by atoms with Crippen molar-refractivity contribution in [3.05, 3.63) is 29.3 Å². The topological polar surface area (TPSA) is 24.5 Å². The Balaban J connectivity index is 2.61. The first-order chi connectivity index (χ1) is 8.72. The van der Waals surface area contributed by atoms with Crippen LogP contribution in [0.25, 0.3) is 0 Å². The van der Waals surface area contributed by atoms with Gasteiger partial charge in [-0.1, -0.05) is 12.1 Å². The molecule has 1 aromatic carbocycles. The Kier molecular flexibility index (Phi) is 6.76. The van der Waals surface area contributed by atoms with E-state index < -0.39 is 0 Å². The van der Waals surface area contributed by atoms with Crippen LogP contribution < -0.4 is 10.2 Å². The fourth-order valence-corrected chi connectivity index (χ4v) is 2.15. The standard InChI is InChI=1S/C15H26N2O/c1-5-17(6-2)15-8-7-14(11-13(15)3)12-16-9-10-18-4/h7-8,11,16H,5-6,9-10,12H2,1-4H3. The van der Waals surface area contributed by atoms with Crippen LogP contribution >= 0.6 is 0 Å². The van der Waals surface area contributed by atoms with Crippen LogP contribution in [0.15, 0.2) is 18.2 Å². The lowest BCUT2D eigenvalue weighted by Gasteiger charge is -2.23. The smallest absolute Gasteiger partial charge is 0.0587 e. The zero-order valence-electron chi connectivity index (χ0n) is 12.1. The van der Waals surface area contributed by atoms with Gasteiger partial charge >= 0.3 is 0 Å². The predicted molar refractivity (Wildman–Crippen MR) is 78.3 cm³/mol. The first kappa shape index (κ1) is 15.0. The summed E-state index contributed by atoms with van der Waals surface area (Å²) in [5.74, 6) is 0. The van der Waals surface area contributed by atoms with Crippen molar-refractivity contribution in [3.63, 3.8) is 0 Å². The summed E-state index contributed by atoms with van der Waals surface area (Å²) >= 11 is 0. The number of methoxy groups -OCH3 is 1. The lowest BCUT2D eigenvalue weighted by atomic mass is 10.1. The van der Waals surface area contributed by atoms with Crippen molar-refractivity contribution in [1.29, 1.82) is 0 Å². The molecule has 0 aliphatic carbocycles. The van der Waals surface area contributed by atoms with Gasteiger partial charge in [-0.2, -0.15) is 0 Å². The average Bonchev–Trinajstić information content (AvgIpc) is 2.38. The Morgan fingerprint density at radius 3 is 2.50 bits per heavy atom. The molecule has 0 spiro atoms. The quantitative estimate of drug-likeness (QED) is 0.718. The maximum atomic E-state index is 5.01. The summed E-state index contributed by atoms with van der Waals surface area (Å²) in [4.78, 5) is 2.39. The minimum atomic E-state index is 0.760. The van der Waals surface area contributed by atoms with Crippen molar-refractivity contribution in [1.82, 2.24) is 5.32 Å². The van der Waals surface area contributed by atoms with Crippen molar-refractivity contribution in [2.45, 2.75) is 27.3 Å². The Hall–Kier alpha value is -1.06. The van der Waals surface area contributed by atoms with Gasteiger partial charge in [-0.15, -0.1) is 0 Å². The number of nitrogens with zero attached hydrogens (tertiary/aromatic N) is 1. The van der Waals surface area contributed by atoms with Gasteiger partial charge in [0.25, 0.3) is 0 Å². The van der Waals surface area contributed by atoms with E-state index in [2.05, 4.69) is 49.2 Å². The third-order valence-electron chi connectivity index (χ3n) is 3.18. The minimum Gasteiger partial charge on any atom is -0.383 e. The van der Waals surface area contributed by atoms with Gasteiger partial charge in [-0.3, -0.25) is 0 Å². The molecule has 102 valence electrons. The molecular formula is C15H26N2O. The van der Waals surface area contributed by atoms with Crippen LogP contribution in [0.2, 0.25) is 0 Å². The molecule has 0 aromatic heterocycles. The lowest BCUT2D eigenvalue weighted by molar-refractivity contribution is 0.199. The van der Waals surface area contributed by atoms with E-state index in [9.17, 15) is 0 Å². The third-order valence-corrected chi connectivity index (χ3v) is 3.18. The van der Waals surface area contributed by atoms with Crippen molar-refractivity contribution >= 4 is 5.69 Å². The molecule has 0 bridgehead atoms. The largest absolute Gasteiger partial charge is 0.383 e. The van der Waals surface area contributed by atoms with Crippen LogP contribution in [0.4, 0.5) is 5.69 Å². The highest BCUT2D eigenvalue weighted by Crippen LogP contribution is 2.20. The molecule has 1 rings (SSSR count). The zero-order valence-corrected chi connectivity index (χ0v) is 12.1. The summed E-state index contributed by atoms with van der Waals surface area (Å²) < 4.78 is 5.01. The zero-order chi connectivity index (χ0) is 13.4. The number of anilines is 1. The van der Waals surface area contributed by atoms with Crippen LogP contribution in [0.5, 0.6) is 0 Å². The van der Waals surface area contributed by atoms with E-state index in [0.717, 1.165) is 32.8 Å².